The molecule has 1 heterocycles. The third-order valence-electron chi connectivity index (χ3n) is 4.30. The fraction of sp³-hybridized carbons (Fsp3) is 0.222. The lowest BCUT2D eigenvalue weighted by Gasteiger charge is -2.23. The molecule has 2 aromatic carbocycles. The van der Waals surface area contributed by atoms with Crippen molar-refractivity contribution < 1.29 is 23.5 Å². The van der Waals surface area contributed by atoms with Gasteiger partial charge in [-0.15, -0.1) is 0 Å². The van der Waals surface area contributed by atoms with Crippen LogP contribution in [0.15, 0.2) is 48.5 Å². The predicted molar refractivity (Wildman–Crippen MR) is 85.4 cm³/mol. The van der Waals surface area contributed by atoms with Gasteiger partial charge in [0.25, 0.3) is 5.91 Å². The first-order valence-electron chi connectivity index (χ1n) is 7.65. The first kappa shape index (κ1) is 17.0. The zero-order chi connectivity index (χ0) is 18.2. The molecule has 3 rings (SSSR count). The highest BCUT2D eigenvalue weighted by atomic mass is 19.1. The minimum atomic E-state index is -1.46. The number of imide groups is 1. The number of amides is 3. The van der Waals surface area contributed by atoms with Crippen molar-refractivity contribution in [3.63, 3.8) is 0 Å². The second kappa shape index (κ2) is 6.25. The highest BCUT2D eigenvalue weighted by Crippen LogP contribution is 2.30. The number of hydrogen-bond acceptors (Lipinski definition) is 3. The van der Waals surface area contributed by atoms with Gasteiger partial charge in [0.1, 0.15) is 17.2 Å². The summed E-state index contributed by atoms with van der Waals surface area (Å²) in [6.45, 7) is 1.13. The number of halogens is 2. The van der Waals surface area contributed by atoms with Crippen LogP contribution in [0.3, 0.4) is 0 Å². The highest BCUT2D eigenvalue weighted by molar-refractivity contribution is 6.07. The lowest BCUT2D eigenvalue weighted by Crippen LogP contribution is -2.41. The van der Waals surface area contributed by atoms with Crippen LogP contribution in [0.5, 0.6) is 0 Å². The van der Waals surface area contributed by atoms with Crippen LogP contribution < -0.4 is 5.32 Å². The van der Waals surface area contributed by atoms with Crippen LogP contribution >= 0.6 is 0 Å². The van der Waals surface area contributed by atoms with Crippen LogP contribution in [0.25, 0.3) is 0 Å². The minimum Gasteiger partial charge on any atom is -0.386 e. The van der Waals surface area contributed by atoms with E-state index < -0.39 is 41.8 Å². The summed E-state index contributed by atoms with van der Waals surface area (Å²) < 4.78 is 26.8. The van der Waals surface area contributed by atoms with Gasteiger partial charge in [-0.1, -0.05) is 36.4 Å². The Balaban J connectivity index is 1.84. The molecule has 2 aromatic rings. The maximum Gasteiger partial charge on any atom is 0.325 e. The Morgan fingerprint density at radius 2 is 1.84 bits per heavy atom. The third kappa shape index (κ3) is 2.98. The van der Waals surface area contributed by atoms with E-state index in [0.29, 0.717) is 11.6 Å². The van der Waals surface area contributed by atoms with Gasteiger partial charge in [0.15, 0.2) is 0 Å². The molecule has 0 aliphatic carbocycles. The average molecular weight is 346 g/mol. The van der Waals surface area contributed by atoms with Crippen molar-refractivity contribution in [2.24, 2.45) is 0 Å². The van der Waals surface area contributed by atoms with Gasteiger partial charge in [-0.05, 0) is 18.6 Å². The summed E-state index contributed by atoms with van der Waals surface area (Å²) in [6, 6.07) is 10.7. The SMILES string of the molecule is CC1(c2ccccc2)NC(=O)N(CC(O)c2ccc(F)cc2F)C1=O. The first-order chi connectivity index (χ1) is 11.8. The number of carbonyl (C=O) groups excluding carboxylic acids is 2. The zero-order valence-electron chi connectivity index (χ0n) is 13.4. The van der Waals surface area contributed by atoms with Crippen LogP contribution in [-0.2, 0) is 10.3 Å². The number of rotatable bonds is 4. The fourth-order valence-corrected chi connectivity index (χ4v) is 2.87. The molecule has 2 atom stereocenters. The standard InChI is InChI=1S/C18H16F2N2O3/c1-18(11-5-3-2-4-6-11)16(24)22(17(25)21-18)10-15(23)13-8-7-12(19)9-14(13)20/h2-9,15,23H,10H2,1H3,(H,21,25). The van der Waals surface area contributed by atoms with Crippen LogP contribution in [0.2, 0.25) is 0 Å². The second-order valence-electron chi connectivity index (χ2n) is 6.02. The summed E-state index contributed by atoms with van der Waals surface area (Å²) in [7, 11) is 0. The molecule has 1 fully saturated rings. The Labute approximate surface area is 142 Å². The summed E-state index contributed by atoms with van der Waals surface area (Å²) in [5, 5.41) is 12.8. The molecule has 130 valence electrons. The largest absolute Gasteiger partial charge is 0.386 e. The van der Waals surface area contributed by atoms with Crippen LogP contribution in [0.1, 0.15) is 24.2 Å². The normalized spacial score (nSPS) is 21.4. The van der Waals surface area contributed by atoms with Gasteiger partial charge in [-0.2, -0.15) is 0 Å². The Morgan fingerprint density at radius 1 is 1.16 bits per heavy atom. The summed E-state index contributed by atoms with van der Waals surface area (Å²) in [4.78, 5) is 25.8. The molecule has 0 aromatic heterocycles. The van der Waals surface area contributed by atoms with Crippen molar-refractivity contribution in [3.8, 4) is 0 Å². The molecular weight excluding hydrogens is 330 g/mol. The quantitative estimate of drug-likeness (QED) is 0.836. The van der Waals surface area contributed by atoms with E-state index in [1.54, 1.807) is 37.3 Å². The number of aliphatic hydroxyl groups excluding tert-OH is 1. The monoisotopic (exact) mass is 346 g/mol. The fourth-order valence-electron chi connectivity index (χ4n) is 2.87. The molecule has 1 saturated heterocycles. The molecule has 0 bridgehead atoms. The highest BCUT2D eigenvalue weighted by Gasteiger charge is 2.49. The van der Waals surface area contributed by atoms with Gasteiger partial charge in [0.05, 0.1) is 12.6 Å². The number of nitrogens with zero attached hydrogens (tertiary/aromatic N) is 1. The van der Waals surface area contributed by atoms with Gasteiger partial charge >= 0.3 is 6.03 Å². The van der Waals surface area contributed by atoms with E-state index >= 15 is 0 Å². The Hall–Kier alpha value is -2.80. The molecule has 0 spiro atoms. The lowest BCUT2D eigenvalue weighted by atomic mass is 9.92. The van der Waals surface area contributed by atoms with Crippen LogP contribution in [-0.4, -0.2) is 28.5 Å². The molecule has 7 heteroatoms. The third-order valence-corrected chi connectivity index (χ3v) is 4.30. The maximum atomic E-state index is 13.8. The van der Waals surface area contributed by atoms with E-state index in [1.165, 1.54) is 0 Å². The van der Waals surface area contributed by atoms with Crippen molar-refractivity contribution in [1.82, 2.24) is 10.2 Å². The molecule has 1 aliphatic heterocycles. The van der Waals surface area contributed by atoms with Crippen LogP contribution in [0, 0.1) is 11.6 Å². The summed E-state index contributed by atoms with van der Waals surface area (Å²) in [6.07, 6.45) is -1.46. The van der Waals surface area contributed by atoms with E-state index in [-0.39, 0.29) is 5.56 Å². The Bertz CT molecular complexity index is 828. The summed E-state index contributed by atoms with van der Waals surface area (Å²) in [5.74, 6) is -2.27. The number of carbonyl (C=O) groups is 2. The predicted octanol–water partition coefficient (Wildman–Crippen LogP) is 2.47. The molecule has 1 aliphatic rings. The molecule has 2 N–H and O–H groups in total. The van der Waals surface area contributed by atoms with Crippen LogP contribution in [0.4, 0.5) is 13.6 Å². The van der Waals surface area contributed by atoms with Crippen molar-refractivity contribution in [2.75, 3.05) is 6.54 Å². The molecule has 0 saturated carbocycles. The number of β-amino-alcohol motifs (C(OH)–C–C–N with tert-alkyl or cyclic N) is 1. The van der Waals surface area contributed by atoms with Crippen molar-refractivity contribution in [1.29, 1.82) is 0 Å². The molecular formula is C18H16F2N2O3. The number of aliphatic hydroxyl groups is 1. The Kier molecular flexibility index (Phi) is 4.26. The molecule has 3 amide bonds. The number of urea groups is 1. The molecule has 5 nitrogen and oxygen atoms in total. The Morgan fingerprint density at radius 3 is 2.48 bits per heavy atom. The maximum absolute atomic E-state index is 13.8. The lowest BCUT2D eigenvalue weighted by molar-refractivity contribution is -0.132. The van der Waals surface area contributed by atoms with E-state index in [9.17, 15) is 23.5 Å². The summed E-state index contributed by atoms with van der Waals surface area (Å²) in [5.41, 5.74) is -0.854. The first-order valence-corrected chi connectivity index (χ1v) is 7.65. The van der Waals surface area contributed by atoms with E-state index in [2.05, 4.69) is 5.32 Å². The smallest absolute Gasteiger partial charge is 0.325 e. The van der Waals surface area contributed by atoms with Crippen molar-refractivity contribution in [2.45, 2.75) is 18.6 Å². The van der Waals surface area contributed by atoms with Gasteiger partial charge in [-0.25, -0.2) is 13.6 Å². The molecule has 25 heavy (non-hydrogen) atoms. The van der Waals surface area contributed by atoms with Gasteiger partial charge in [0.2, 0.25) is 0 Å². The van der Waals surface area contributed by atoms with Gasteiger partial charge in [0, 0.05) is 11.6 Å². The minimum absolute atomic E-state index is 0.185. The molecule has 0 radical (unpaired) electrons. The van der Waals surface area contributed by atoms with E-state index in [0.717, 1.165) is 17.0 Å². The second-order valence-corrected chi connectivity index (χ2v) is 6.02. The van der Waals surface area contributed by atoms with Gasteiger partial charge in [-0.3, -0.25) is 9.69 Å². The zero-order valence-corrected chi connectivity index (χ0v) is 13.4. The number of benzene rings is 2. The molecule has 2 unspecified atom stereocenters. The van der Waals surface area contributed by atoms with Gasteiger partial charge < -0.3 is 10.4 Å². The summed E-state index contributed by atoms with van der Waals surface area (Å²) >= 11 is 0. The van der Waals surface area contributed by atoms with E-state index in [4.69, 9.17) is 0 Å². The van der Waals surface area contributed by atoms with Crippen molar-refractivity contribution in [3.05, 3.63) is 71.3 Å². The average Bonchev–Trinajstić information content (AvgIpc) is 2.80. The number of nitrogens with one attached hydrogen (secondary N) is 1. The van der Waals surface area contributed by atoms with E-state index in [1.807, 2.05) is 0 Å². The number of hydrogen-bond donors (Lipinski definition) is 2. The van der Waals surface area contributed by atoms with Crippen molar-refractivity contribution >= 4 is 11.9 Å². The topological polar surface area (TPSA) is 69.6 Å².